The molecule has 1 N–H and O–H groups in total. The second-order valence-corrected chi connectivity index (χ2v) is 7.36. The van der Waals surface area contributed by atoms with Crippen LogP contribution in [0.4, 0.5) is 5.13 Å². The van der Waals surface area contributed by atoms with E-state index in [1.807, 2.05) is 17.5 Å². The first-order valence-electron chi connectivity index (χ1n) is 6.53. The fraction of sp³-hybridized carbons (Fsp3) is 0.308. The number of nitrogens with zero attached hydrogens (tertiary/aromatic N) is 3. The number of thiophene rings is 1. The van der Waals surface area contributed by atoms with Crippen LogP contribution in [0.1, 0.15) is 19.0 Å². The largest absolute Gasteiger partial charge is 0.444 e. The summed E-state index contributed by atoms with van der Waals surface area (Å²) in [7, 11) is 0. The van der Waals surface area contributed by atoms with E-state index in [2.05, 4.69) is 27.4 Å². The van der Waals surface area contributed by atoms with Gasteiger partial charge in [0.1, 0.15) is 6.26 Å². The third kappa shape index (κ3) is 3.84. The van der Waals surface area contributed by atoms with Crippen LogP contribution in [0.2, 0.25) is 0 Å². The molecule has 0 aliphatic carbocycles. The number of oxazole rings is 1. The molecule has 0 aliphatic rings. The number of aromatic nitrogens is 3. The van der Waals surface area contributed by atoms with Gasteiger partial charge < -0.3 is 9.73 Å². The molecule has 0 atom stereocenters. The number of hydrogen-bond donors (Lipinski definition) is 1. The van der Waals surface area contributed by atoms with Crippen molar-refractivity contribution >= 4 is 39.6 Å². The Labute approximate surface area is 134 Å². The average Bonchev–Trinajstić information content (AvgIpc) is 3.22. The summed E-state index contributed by atoms with van der Waals surface area (Å²) in [5.74, 6) is 1.42. The minimum Gasteiger partial charge on any atom is -0.444 e. The zero-order valence-electron chi connectivity index (χ0n) is 11.4. The number of rotatable bonds is 7. The van der Waals surface area contributed by atoms with Crippen LogP contribution in [0.3, 0.4) is 0 Å². The lowest BCUT2D eigenvalue weighted by molar-refractivity contribution is 0.575. The topological polar surface area (TPSA) is 63.8 Å². The van der Waals surface area contributed by atoms with Gasteiger partial charge >= 0.3 is 0 Å². The first kappa shape index (κ1) is 14.6. The van der Waals surface area contributed by atoms with E-state index in [0.29, 0.717) is 5.89 Å². The minimum atomic E-state index is 0.683. The van der Waals surface area contributed by atoms with Crippen molar-refractivity contribution in [3.63, 3.8) is 0 Å². The second kappa shape index (κ2) is 7.06. The summed E-state index contributed by atoms with van der Waals surface area (Å²) in [4.78, 5) is 5.54. The molecule has 0 saturated carbocycles. The molecule has 3 rings (SSSR count). The van der Waals surface area contributed by atoms with Gasteiger partial charge in [0.2, 0.25) is 11.0 Å². The van der Waals surface area contributed by atoms with Gasteiger partial charge in [0.15, 0.2) is 4.34 Å². The minimum absolute atomic E-state index is 0.683. The highest BCUT2D eigenvalue weighted by molar-refractivity contribution is 8.00. The average molecular weight is 338 g/mol. The summed E-state index contributed by atoms with van der Waals surface area (Å²) in [5.41, 5.74) is 0.918. The molecule has 0 saturated heterocycles. The second-order valence-electron chi connectivity index (χ2n) is 4.21. The van der Waals surface area contributed by atoms with Crippen molar-refractivity contribution in [2.45, 2.75) is 23.4 Å². The molecule has 110 valence electrons. The van der Waals surface area contributed by atoms with Gasteiger partial charge in [-0.25, -0.2) is 4.98 Å². The Morgan fingerprint density at radius 3 is 3.14 bits per heavy atom. The zero-order chi connectivity index (χ0) is 14.5. The van der Waals surface area contributed by atoms with Gasteiger partial charge in [-0.15, -0.1) is 21.5 Å². The molecule has 0 radical (unpaired) electrons. The molecule has 0 unspecified atom stereocenters. The van der Waals surface area contributed by atoms with Gasteiger partial charge in [-0.3, -0.25) is 0 Å². The third-order valence-corrected chi connectivity index (χ3v) is 5.47. The summed E-state index contributed by atoms with van der Waals surface area (Å²) in [6, 6.07) is 3.99. The Hall–Kier alpha value is -1.38. The molecule has 8 heteroatoms. The van der Waals surface area contributed by atoms with Crippen molar-refractivity contribution in [1.29, 1.82) is 0 Å². The molecule has 0 aromatic carbocycles. The molecular formula is C13H14N4OS3. The van der Waals surface area contributed by atoms with Crippen molar-refractivity contribution in [3.05, 3.63) is 29.5 Å². The highest BCUT2D eigenvalue weighted by Gasteiger charge is 2.09. The fourth-order valence-electron chi connectivity index (χ4n) is 1.59. The predicted octanol–water partition coefficient (Wildman–Crippen LogP) is 4.37. The standard InChI is InChI=1S/C13H14N4OS3/c1-2-5-14-12-16-17-13(21-12)20-8-9-7-18-11(15-9)10-4-3-6-19-10/h3-4,6-7H,2,5,8H2,1H3,(H,14,16). The van der Waals surface area contributed by atoms with Gasteiger partial charge in [0.05, 0.1) is 10.6 Å². The first-order valence-corrected chi connectivity index (χ1v) is 9.22. The van der Waals surface area contributed by atoms with E-state index in [0.717, 1.165) is 38.8 Å². The van der Waals surface area contributed by atoms with Crippen molar-refractivity contribution in [1.82, 2.24) is 15.2 Å². The van der Waals surface area contributed by atoms with Gasteiger partial charge in [-0.2, -0.15) is 0 Å². The Bertz CT molecular complexity index is 677. The zero-order valence-corrected chi connectivity index (χ0v) is 13.9. The Morgan fingerprint density at radius 2 is 2.33 bits per heavy atom. The quantitative estimate of drug-likeness (QED) is 0.645. The maximum atomic E-state index is 5.50. The number of thioether (sulfide) groups is 1. The predicted molar refractivity (Wildman–Crippen MR) is 88.1 cm³/mol. The monoisotopic (exact) mass is 338 g/mol. The fourth-order valence-corrected chi connectivity index (χ4v) is 3.90. The maximum absolute atomic E-state index is 5.50. The normalized spacial score (nSPS) is 10.9. The maximum Gasteiger partial charge on any atom is 0.236 e. The van der Waals surface area contributed by atoms with Crippen molar-refractivity contribution in [2.75, 3.05) is 11.9 Å². The molecule has 3 aromatic heterocycles. The summed E-state index contributed by atoms with van der Waals surface area (Å²) in [6.07, 6.45) is 2.78. The third-order valence-electron chi connectivity index (χ3n) is 2.56. The molecule has 0 aliphatic heterocycles. The Morgan fingerprint density at radius 1 is 1.38 bits per heavy atom. The molecule has 3 heterocycles. The number of anilines is 1. The van der Waals surface area contributed by atoms with Crippen LogP contribution in [0.15, 0.2) is 32.5 Å². The van der Waals surface area contributed by atoms with Crippen LogP contribution in [-0.2, 0) is 5.75 Å². The van der Waals surface area contributed by atoms with E-state index in [1.165, 1.54) is 0 Å². The SMILES string of the molecule is CCCNc1nnc(SCc2coc(-c3cccs3)n2)s1. The molecule has 3 aromatic rings. The lowest BCUT2D eigenvalue weighted by Gasteiger charge is -1.95. The first-order chi connectivity index (χ1) is 10.3. The van der Waals surface area contributed by atoms with Gasteiger partial charge in [-0.1, -0.05) is 36.1 Å². The van der Waals surface area contributed by atoms with Gasteiger partial charge in [0, 0.05) is 12.3 Å². The Kier molecular flexibility index (Phi) is 4.89. The van der Waals surface area contributed by atoms with E-state index in [-0.39, 0.29) is 0 Å². The smallest absolute Gasteiger partial charge is 0.236 e. The van der Waals surface area contributed by atoms with Crippen LogP contribution >= 0.6 is 34.4 Å². The van der Waals surface area contributed by atoms with Crippen LogP contribution in [0.5, 0.6) is 0 Å². The van der Waals surface area contributed by atoms with Gasteiger partial charge in [-0.05, 0) is 17.9 Å². The lowest BCUT2D eigenvalue weighted by atomic mass is 10.5. The molecule has 5 nitrogen and oxygen atoms in total. The summed E-state index contributed by atoms with van der Waals surface area (Å²) >= 11 is 4.82. The van der Waals surface area contributed by atoms with E-state index in [1.54, 1.807) is 40.7 Å². The highest BCUT2D eigenvalue weighted by atomic mass is 32.2. The molecule has 21 heavy (non-hydrogen) atoms. The van der Waals surface area contributed by atoms with Crippen LogP contribution in [0, 0.1) is 0 Å². The molecule has 0 spiro atoms. The Balaban J connectivity index is 1.56. The van der Waals surface area contributed by atoms with E-state index in [9.17, 15) is 0 Å². The molecule has 0 amide bonds. The van der Waals surface area contributed by atoms with Crippen LogP contribution in [0.25, 0.3) is 10.8 Å². The summed E-state index contributed by atoms with van der Waals surface area (Å²) < 4.78 is 6.44. The highest BCUT2D eigenvalue weighted by Crippen LogP contribution is 2.29. The van der Waals surface area contributed by atoms with Crippen molar-refractivity contribution in [2.24, 2.45) is 0 Å². The molecule has 0 fully saturated rings. The van der Waals surface area contributed by atoms with E-state index < -0.39 is 0 Å². The number of nitrogens with one attached hydrogen (secondary N) is 1. The summed E-state index contributed by atoms with van der Waals surface area (Å²) in [5, 5.41) is 14.4. The number of hydrogen-bond acceptors (Lipinski definition) is 8. The lowest BCUT2D eigenvalue weighted by Crippen LogP contribution is -1.98. The van der Waals surface area contributed by atoms with Gasteiger partial charge in [0.25, 0.3) is 0 Å². The molecular weight excluding hydrogens is 324 g/mol. The van der Waals surface area contributed by atoms with Crippen molar-refractivity contribution < 1.29 is 4.42 Å². The van der Waals surface area contributed by atoms with Crippen LogP contribution in [-0.4, -0.2) is 21.7 Å². The van der Waals surface area contributed by atoms with E-state index in [4.69, 9.17) is 4.42 Å². The van der Waals surface area contributed by atoms with Crippen LogP contribution < -0.4 is 5.32 Å². The summed E-state index contributed by atoms with van der Waals surface area (Å²) in [6.45, 7) is 3.05. The van der Waals surface area contributed by atoms with E-state index >= 15 is 0 Å². The van der Waals surface area contributed by atoms with Crippen molar-refractivity contribution in [3.8, 4) is 10.8 Å². The molecule has 0 bridgehead atoms.